The van der Waals surface area contributed by atoms with Crippen LogP contribution in [0.1, 0.15) is 19.3 Å². The van der Waals surface area contributed by atoms with Crippen molar-refractivity contribution >= 4 is 11.7 Å². The van der Waals surface area contributed by atoms with E-state index in [0.717, 1.165) is 19.3 Å². The molecule has 0 aromatic carbocycles. The zero-order valence-electron chi connectivity index (χ0n) is 12.8. The second-order valence-electron chi connectivity index (χ2n) is 4.57. The van der Waals surface area contributed by atoms with Crippen LogP contribution in [0.15, 0.2) is 45.6 Å². The molecular weight excluding hydrogens is 302 g/mol. The molecule has 1 aliphatic heterocycles. The van der Waals surface area contributed by atoms with E-state index in [-0.39, 0.29) is 28.3 Å². The highest BCUT2D eigenvalue weighted by molar-refractivity contribution is 6.09. The maximum atomic E-state index is 9.29. The Labute approximate surface area is 140 Å². The Morgan fingerprint density at radius 1 is 1.12 bits per heavy atom. The molecule has 7 nitrogen and oxygen atoms in total. The third-order valence-corrected chi connectivity index (χ3v) is 3.13. The quantitative estimate of drug-likeness (QED) is 0.346. The number of unbranched alkanes of at least 4 members (excludes halogenated alkanes) is 2. The number of hydrogen-bond acceptors (Lipinski definition) is 5. The van der Waals surface area contributed by atoms with Gasteiger partial charge in [-0.2, -0.15) is 21.0 Å². The molecule has 0 spiro atoms. The molecule has 7 heteroatoms. The third kappa shape index (κ3) is 3.85. The first-order valence-corrected chi connectivity index (χ1v) is 6.97. The van der Waals surface area contributed by atoms with Crippen LogP contribution in [0.4, 0.5) is 0 Å². The van der Waals surface area contributed by atoms with E-state index in [9.17, 15) is 15.8 Å². The predicted molar refractivity (Wildman–Crippen MR) is 87.9 cm³/mol. The molecule has 1 rings (SSSR count). The van der Waals surface area contributed by atoms with E-state index in [0.29, 0.717) is 6.54 Å². The average molecular weight is 314 g/mol. The standard InChI is InChI=1S/C17H12N7/c1-2-3-4-5-6-23-17-15(11-22)14(10-21)16(24-17)13(9-20)12(7-18)8-19/h2H,1,3-6H2,(H,23,24)/q-1/b16-13-. The minimum Gasteiger partial charge on any atom is -0.762 e. The molecule has 0 aliphatic carbocycles. The Morgan fingerprint density at radius 3 is 2.33 bits per heavy atom. The van der Waals surface area contributed by atoms with Gasteiger partial charge in [0.1, 0.15) is 41.3 Å². The number of nitriles is 4. The topological polar surface area (TPSA) is 142 Å². The van der Waals surface area contributed by atoms with Crippen LogP contribution in [0.25, 0.3) is 5.41 Å². The molecule has 116 valence electrons. The zero-order valence-corrected chi connectivity index (χ0v) is 12.8. The number of aliphatic imine (C=N–C) groups is 1. The Bertz CT molecular complexity index is 851. The van der Waals surface area contributed by atoms with Gasteiger partial charge >= 0.3 is 0 Å². The lowest BCUT2D eigenvalue weighted by Crippen LogP contribution is -2.19. The van der Waals surface area contributed by atoms with Gasteiger partial charge in [0.05, 0.1) is 16.8 Å². The SMILES string of the molecule is C=CCCCCN=C1N/C(=C(/C#N)C(=C=[N-])C#N)C(C#N)=C1C#N. The highest BCUT2D eigenvalue weighted by atomic mass is 15.0. The number of amidine groups is 1. The van der Waals surface area contributed by atoms with Gasteiger partial charge in [-0.05, 0) is 19.3 Å². The zero-order chi connectivity index (χ0) is 17.9. The van der Waals surface area contributed by atoms with Gasteiger partial charge in [-0.15, -0.1) is 6.58 Å². The first-order chi connectivity index (χ1) is 11.7. The lowest BCUT2D eigenvalue weighted by molar-refractivity contribution is 0.758. The van der Waals surface area contributed by atoms with Crippen LogP contribution in [-0.2, 0) is 0 Å². The number of allylic oxidation sites excluding steroid dienone is 4. The van der Waals surface area contributed by atoms with Crippen LogP contribution >= 0.6 is 0 Å². The summed E-state index contributed by atoms with van der Waals surface area (Å²) in [6.45, 7) is 4.06. The molecule has 1 heterocycles. The minimum absolute atomic E-state index is 0.000740. The van der Waals surface area contributed by atoms with E-state index in [2.05, 4.69) is 16.9 Å². The highest BCUT2D eigenvalue weighted by Crippen LogP contribution is 2.25. The first-order valence-electron chi connectivity index (χ1n) is 6.97. The summed E-state index contributed by atoms with van der Waals surface area (Å²) >= 11 is 0. The van der Waals surface area contributed by atoms with E-state index in [1.165, 1.54) is 0 Å². The molecule has 0 unspecified atom stereocenters. The fraction of sp³-hybridized carbons (Fsp3) is 0.235. The van der Waals surface area contributed by atoms with Crippen molar-refractivity contribution in [1.82, 2.24) is 5.32 Å². The monoisotopic (exact) mass is 314 g/mol. The third-order valence-electron chi connectivity index (χ3n) is 3.13. The van der Waals surface area contributed by atoms with Crippen molar-refractivity contribution in [2.45, 2.75) is 19.3 Å². The maximum absolute atomic E-state index is 9.29. The van der Waals surface area contributed by atoms with E-state index in [1.807, 2.05) is 12.1 Å². The Balaban J connectivity index is 3.31. The number of nitrogens with zero attached hydrogens (tertiary/aromatic N) is 6. The summed E-state index contributed by atoms with van der Waals surface area (Å²) in [4.78, 5) is 4.24. The van der Waals surface area contributed by atoms with Gasteiger partial charge in [0, 0.05) is 6.54 Å². The molecule has 0 radical (unpaired) electrons. The number of hydrogen-bond donors (Lipinski definition) is 1. The van der Waals surface area contributed by atoms with Crippen LogP contribution in [0, 0.1) is 45.3 Å². The summed E-state index contributed by atoms with van der Waals surface area (Å²) < 4.78 is 0. The van der Waals surface area contributed by atoms with Gasteiger partial charge in [0.25, 0.3) is 0 Å². The van der Waals surface area contributed by atoms with Crippen LogP contribution in [0.3, 0.4) is 0 Å². The molecule has 0 bridgehead atoms. The predicted octanol–water partition coefficient (Wildman–Crippen LogP) is 2.15. The number of rotatable bonds is 6. The van der Waals surface area contributed by atoms with Gasteiger partial charge in [-0.1, -0.05) is 6.08 Å². The normalized spacial score (nSPS) is 16.1. The van der Waals surface area contributed by atoms with E-state index >= 15 is 0 Å². The van der Waals surface area contributed by atoms with Gasteiger partial charge in [0.15, 0.2) is 0 Å². The summed E-state index contributed by atoms with van der Waals surface area (Å²) in [6, 6.07) is 7.06. The summed E-state index contributed by atoms with van der Waals surface area (Å²) in [5.74, 6) is 1.78. The Hall–Kier alpha value is -3.90. The van der Waals surface area contributed by atoms with Gasteiger partial charge < -0.3 is 10.7 Å². The van der Waals surface area contributed by atoms with Gasteiger partial charge in [0.2, 0.25) is 0 Å². The van der Waals surface area contributed by atoms with Gasteiger partial charge in [-0.3, -0.25) is 4.99 Å². The van der Waals surface area contributed by atoms with Crippen molar-refractivity contribution in [1.29, 1.82) is 21.0 Å². The smallest absolute Gasteiger partial charge is 0.145 e. The van der Waals surface area contributed by atoms with Crippen LogP contribution in [0.5, 0.6) is 0 Å². The lowest BCUT2D eigenvalue weighted by atomic mass is 10.0. The maximum Gasteiger partial charge on any atom is 0.145 e. The van der Waals surface area contributed by atoms with Crippen molar-refractivity contribution in [3.8, 4) is 24.3 Å². The van der Waals surface area contributed by atoms with Crippen LogP contribution in [-0.4, -0.2) is 18.3 Å². The van der Waals surface area contributed by atoms with Crippen LogP contribution in [0.2, 0.25) is 0 Å². The molecule has 0 aromatic rings. The first kappa shape index (κ1) is 18.1. The molecule has 0 fully saturated rings. The molecule has 0 aromatic heterocycles. The summed E-state index contributed by atoms with van der Waals surface area (Å²) in [5, 5.41) is 48.4. The number of nitrogens with one attached hydrogen (secondary N) is 1. The van der Waals surface area contributed by atoms with Crippen molar-refractivity contribution in [2.24, 2.45) is 4.99 Å². The fourth-order valence-corrected chi connectivity index (χ4v) is 1.98. The van der Waals surface area contributed by atoms with Gasteiger partial charge in [-0.25, -0.2) is 5.87 Å². The summed E-state index contributed by atoms with van der Waals surface area (Å²) in [6.07, 6.45) is 4.32. The highest BCUT2D eigenvalue weighted by Gasteiger charge is 2.29. The second kappa shape index (κ2) is 9.19. The second-order valence-corrected chi connectivity index (χ2v) is 4.57. The van der Waals surface area contributed by atoms with Crippen molar-refractivity contribution in [2.75, 3.05) is 6.54 Å². The molecule has 0 saturated carbocycles. The van der Waals surface area contributed by atoms with Crippen molar-refractivity contribution in [3.63, 3.8) is 0 Å². The molecule has 0 saturated heterocycles. The average Bonchev–Trinajstić information content (AvgIpc) is 2.96. The van der Waals surface area contributed by atoms with Crippen LogP contribution < -0.4 is 5.32 Å². The molecular formula is C17H12N7-. The summed E-state index contributed by atoms with van der Waals surface area (Å²) in [5.41, 5.74) is -0.834. The van der Waals surface area contributed by atoms with Crippen molar-refractivity contribution < 1.29 is 0 Å². The Kier molecular flexibility index (Phi) is 6.95. The lowest BCUT2D eigenvalue weighted by Gasteiger charge is -2.04. The minimum atomic E-state index is -0.433. The summed E-state index contributed by atoms with van der Waals surface area (Å²) in [7, 11) is 0. The van der Waals surface area contributed by atoms with E-state index in [4.69, 9.17) is 10.7 Å². The van der Waals surface area contributed by atoms with Crippen molar-refractivity contribution in [3.05, 3.63) is 46.1 Å². The molecule has 24 heavy (non-hydrogen) atoms. The molecule has 0 atom stereocenters. The van der Waals surface area contributed by atoms with E-state index in [1.54, 1.807) is 24.1 Å². The van der Waals surface area contributed by atoms with E-state index < -0.39 is 5.57 Å². The molecule has 1 aliphatic rings. The Morgan fingerprint density at radius 2 is 1.83 bits per heavy atom. The fourth-order valence-electron chi connectivity index (χ4n) is 1.98. The molecule has 1 N–H and O–H groups in total. The molecule has 0 amide bonds. The largest absolute Gasteiger partial charge is 0.762 e.